The molecule has 0 atom stereocenters. The van der Waals surface area contributed by atoms with Crippen LogP contribution in [0.4, 0.5) is 0 Å². The van der Waals surface area contributed by atoms with Gasteiger partial charge in [0, 0.05) is 5.70 Å². The summed E-state index contributed by atoms with van der Waals surface area (Å²) in [6.45, 7) is 8.99. The van der Waals surface area contributed by atoms with Gasteiger partial charge in [-0.2, -0.15) is 0 Å². The molecule has 0 saturated carbocycles. The molecule has 1 aromatic carbocycles. The lowest BCUT2D eigenvalue weighted by atomic mass is 10.1. The van der Waals surface area contributed by atoms with Gasteiger partial charge in [0.15, 0.2) is 0 Å². The molecule has 0 amide bonds. The predicted molar refractivity (Wildman–Crippen MR) is 88.6 cm³/mol. The Morgan fingerprint density at radius 1 is 1.30 bits per heavy atom. The lowest BCUT2D eigenvalue weighted by Crippen LogP contribution is -2.27. The number of esters is 1. The van der Waals surface area contributed by atoms with Crippen molar-refractivity contribution < 1.29 is 14.3 Å². The summed E-state index contributed by atoms with van der Waals surface area (Å²) in [4.78, 5) is 37.1. The van der Waals surface area contributed by atoms with E-state index in [9.17, 15) is 14.4 Å². The minimum atomic E-state index is -0.584. The normalized spacial score (nSPS) is 11.1. The summed E-state index contributed by atoms with van der Waals surface area (Å²) in [7, 11) is 0. The molecule has 0 bridgehead atoms. The molecule has 6 nitrogen and oxygen atoms in total. The molecular formula is C17H18N2O4. The van der Waals surface area contributed by atoms with Crippen molar-refractivity contribution in [1.82, 2.24) is 9.13 Å². The second kappa shape index (κ2) is 6.48. The van der Waals surface area contributed by atoms with E-state index < -0.39 is 17.6 Å². The number of nitrogens with zero attached hydrogens (tertiary/aromatic N) is 2. The molecule has 0 spiro atoms. The molecule has 0 radical (unpaired) electrons. The first-order chi connectivity index (χ1) is 10.9. The highest BCUT2D eigenvalue weighted by Crippen LogP contribution is 2.21. The zero-order valence-electron chi connectivity index (χ0n) is 13.3. The number of hydrogen-bond donors (Lipinski definition) is 0. The zero-order valence-corrected chi connectivity index (χ0v) is 13.3. The van der Waals surface area contributed by atoms with Gasteiger partial charge in [0.25, 0.3) is 5.91 Å². The molecule has 0 aliphatic rings. The van der Waals surface area contributed by atoms with Crippen molar-refractivity contribution in [2.75, 3.05) is 6.61 Å². The zero-order chi connectivity index (χ0) is 17.1. The van der Waals surface area contributed by atoms with Crippen LogP contribution in [0.3, 0.4) is 0 Å². The first-order valence-electron chi connectivity index (χ1n) is 7.20. The van der Waals surface area contributed by atoms with Gasteiger partial charge in [0.05, 0.1) is 23.2 Å². The van der Waals surface area contributed by atoms with Crippen LogP contribution in [0.25, 0.3) is 16.7 Å². The van der Waals surface area contributed by atoms with Crippen LogP contribution < -0.4 is 5.69 Å². The topological polar surface area (TPSA) is 70.3 Å². The number of fused-ring (bicyclic) bond motifs is 1. The molecule has 0 unspecified atom stereocenters. The monoisotopic (exact) mass is 314 g/mol. The molecule has 0 saturated heterocycles. The third kappa shape index (κ3) is 2.75. The predicted octanol–water partition coefficient (Wildman–Crippen LogP) is 2.69. The lowest BCUT2D eigenvalue weighted by molar-refractivity contribution is 0.0528. The molecule has 0 fully saturated rings. The fourth-order valence-electron chi connectivity index (χ4n) is 2.41. The highest BCUT2D eigenvalue weighted by atomic mass is 16.5. The number of hydrogen-bond acceptors (Lipinski definition) is 4. The van der Waals surface area contributed by atoms with Gasteiger partial charge in [-0.05, 0) is 39.0 Å². The van der Waals surface area contributed by atoms with E-state index >= 15 is 0 Å². The molecule has 2 aromatic rings. The van der Waals surface area contributed by atoms with Crippen LogP contribution in [0, 0.1) is 0 Å². The number of imidazole rings is 1. The maximum atomic E-state index is 12.6. The Morgan fingerprint density at radius 2 is 2.00 bits per heavy atom. The molecule has 0 aliphatic carbocycles. The largest absolute Gasteiger partial charge is 0.462 e. The van der Waals surface area contributed by atoms with E-state index in [1.165, 1.54) is 22.8 Å². The number of carbonyl (C=O) groups excluding carboxylic acids is 2. The Bertz CT molecular complexity index is 884. The molecule has 0 aliphatic heterocycles. The number of rotatable bonds is 4. The molecule has 1 heterocycles. The maximum absolute atomic E-state index is 12.6. The fraction of sp³-hybridized carbons (Fsp3) is 0.235. The van der Waals surface area contributed by atoms with Crippen molar-refractivity contribution in [1.29, 1.82) is 0 Å². The standard InChI is InChI=1S/C17H18N2O4/c1-5-8-14(20)19-15-12(16(21)23-6-2)9-7-10-13(15)18(11(3)4)17(19)22/h5,7-10H,3,6H2,1-2,4H3. The second-order valence-corrected chi connectivity index (χ2v) is 4.92. The van der Waals surface area contributed by atoms with E-state index in [1.54, 1.807) is 32.9 Å². The van der Waals surface area contributed by atoms with Crippen molar-refractivity contribution in [2.45, 2.75) is 20.8 Å². The Labute approximate surface area is 133 Å². The van der Waals surface area contributed by atoms with Crippen LogP contribution in [0.1, 0.15) is 35.9 Å². The Morgan fingerprint density at radius 3 is 2.57 bits per heavy atom. The van der Waals surface area contributed by atoms with E-state index in [0.29, 0.717) is 11.2 Å². The van der Waals surface area contributed by atoms with E-state index in [0.717, 1.165) is 4.57 Å². The third-order valence-corrected chi connectivity index (χ3v) is 3.27. The van der Waals surface area contributed by atoms with Gasteiger partial charge in [-0.15, -0.1) is 0 Å². The highest BCUT2D eigenvalue weighted by Gasteiger charge is 2.23. The smallest absolute Gasteiger partial charge is 0.340 e. The molecule has 120 valence electrons. The lowest BCUT2D eigenvalue weighted by Gasteiger charge is -2.05. The van der Waals surface area contributed by atoms with Crippen LogP contribution in [-0.4, -0.2) is 27.6 Å². The van der Waals surface area contributed by atoms with Gasteiger partial charge in [0.1, 0.15) is 0 Å². The molecule has 6 heteroatoms. The summed E-state index contributed by atoms with van der Waals surface area (Å²) < 4.78 is 7.30. The highest BCUT2D eigenvalue weighted by molar-refractivity contribution is 6.07. The average molecular weight is 314 g/mol. The quantitative estimate of drug-likeness (QED) is 0.642. The van der Waals surface area contributed by atoms with Crippen molar-refractivity contribution in [3.63, 3.8) is 0 Å². The van der Waals surface area contributed by atoms with Gasteiger partial charge in [0.2, 0.25) is 0 Å². The second-order valence-electron chi connectivity index (χ2n) is 4.92. The Balaban J connectivity index is 2.95. The van der Waals surface area contributed by atoms with Gasteiger partial charge >= 0.3 is 11.7 Å². The van der Waals surface area contributed by atoms with Gasteiger partial charge in [-0.1, -0.05) is 18.7 Å². The fourth-order valence-corrected chi connectivity index (χ4v) is 2.41. The number of carbonyl (C=O) groups is 2. The van der Waals surface area contributed by atoms with Gasteiger partial charge in [-0.25, -0.2) is 14.2 Å². The molecule has 0 N–H and O–H groups in total. The first-order valence-corrected chi connectivity index (χ1v) is 7.20. The van der Waals surface area contributed by atoms with E-state index in [4.69, 9.17) is 4.74 Å². The summed E-state index contributed by atoms with van der Waals surface area (Å²) >= 11 is 0. The summed E-state index contributed by atoms with van der Waals surface area (Å²) in [5, 5.41) is 0. The number of para-hydroxylation sites is 1. The van der Waals surface area contributed by atoms with Gasteiger partial charge < -0.3 is 4.74 Å². The Hall–Kier alpha value is -2.89. The van der Waals surface area contributed by atoms with Crippen molar-refractivity contribution >= 4 is 28.6 Å². The van der Waals surface area contributed by atoms with Crippen LogP contribution >= 0.6 is 0 Å². The summed E-state index contributed by atoms with van der Waals surface area (Å²) in [6, 6.07) is 4.83. The summed E-state index contributed by atoms with van der Waals surface area (Å²) in [5.74, 6) is -1.11. The van der Waals surface area contributed by atoms with E-state index in [1.807, 2.05) is 0 Å². The van der Waals surface area contributed by atoms with Crippen LogP contribution in [0.2, 0.25) is 0 Å². The minimum Gasteiger partial charge on any atom is -0.462 e. The molecule has 2 rings (SSSR count). The maximum Gasteiger partial charge on any atom is 0.340 e. The molecular weight excluding hydrogens is 296 g/mol. The number of aromatic nitrogens is 2. The molecule has 23 heavy (non-hydrogen) atoms. The number of ether oxygens (including phenoxy) is 1. The van der Waals surface area contributed by atoms with Crippen molar-refractivity contribution in [3.05, 3.63) is 53.0 Å². The SMILES string of the molecule is C=C(C)n1c(=O)n(C(=O)C=CC)c2c(C(=O)OCC)cccc21. The average Bonchev–Trinajstić information content (AvgIpc) is 2.79. The van der Waals surface area contributed by atoms with Crippen LogP contribution in [0.5, 0.6) is 0 Å². The van der Waals surface area contributed by atoms with E-state index in [-0.39, 0.29) is 17.7 Å². The van der Waals surface area contributed by atoms with Crippen molar-refractivity contribution in [3.8, 4) is 0 Å². The minimum absolute atomic E-state index is 0.166. The number of benzene rings is 1. The third-order valence-electron chi connectivity index (χ3n) is 3.27. The van der Waals surface area contributed by atoms with Crippen LogP contribution in [-0.2, 0) is 4.74 Å². The summed E-state index contributed by atoms with van der Waals surface area (Å²) in [5.41, 5.74) is 0.715. The van der Waals surface area contributed by atoms with Gasteiger partial charge in [-0.3, -0.25) is 9.36 Å². The van der Waals surface area contributed by atoms with Crippen molar-refractivity contribution in [2.24, 2.45) is 0 Å². The molecule has 1 aromatic heterocycles. The summed E-state index contributed by atoms with van der Waals surface area (Å²) in [6.07, 6.45) is 2.80. The first kappa shape index (κ1) is 16.5. The van der Waals surface area contributed by atoms with E-state index in [2.05, 4.69) is 6.58 Å². The number of allylic oxidation sites excluding steroid dienone is 3. The van der Waals surface area contributed by atoms with Crippen LogP contribution in [0.15, 0.2) is 41.7 Å². The Kier molecular flexibility index (Phi) is 4.64.